The first-order chi connectivity index (χ1) is 15.6. The highest BCUT2D eigenvalue weighted by Crippen LogP contribution is 2.26. The van der Waals surface area contributed by atoms with Gasteiger partial charge in [-0.1, -0.05) is 12.1 Å². The summed E-state index contributed by atoms with van der Waals surface area (Å²) in [6.45, 7) is 1.00. The van der Waals surface area contributed by atoms with Crippen molar-refractivity contribution in [2.75, 3.05) is 19.0 Å². The van der Waals surface area contributed by atoms with E-state index in [4.69, 9.17) is 14.7 Å². The minimum absolute atomic E-state index is 0. The fraction of sp³-hybridized carbons (Fsp3) is 0.417. The van der Waals surface area contributed by atoms with Crippen LogP contribution in [0.4, 0.5) is 5.82 Å². The number of carboxylic acids is 1. The Labute approximate surface area is 204 Å². The van der Waals surface area contributed by atoms with Gasteiger partial charge in [0, 0.05) is 35.8 Å². The van der Waals surface area contributed by atoms with E-state index in [0.29, 0.717) is 12.3 Å². The zero-order valence-corrected chi connectivity index (χ0v) is 20.3. The Balaban J connectivity index is 0.00000306. The number of nitrogens with zero attached hydrogens (tertiary/aromatic N) is 3. The molecule has 33 heavy (non-hydrogen) atoms. The number of rotatable bonds is 10. The predicted octanol–water partition coefficient (Wildman–Crippen LogP) is 4.70. The molecule has 3 aromatic heterocycles. The molecule has 3 aromatic rings. The minimum atomic E-state index is -0.826. The van der Waals surface area contributed by atoms with Gasteiger partial charge in [-0.05, 0) is 55.7 Å². The summed E-state index contributed by atoms with van der Waals surface area (Å²) in [4.78, 5) is 25.1. The molecule has 1 aliphatic rings. The van der Waals surface area contributed by atoms with Gasteiger partial charge in [0.15, 0.2) is 0 Å². The smallest absolute Gasteiger partial charge is 0.303 e. The van der Waals surface area contributed by atoms with E-state index >= 15 is 0 Å². The minimum Gasteiger partial charge on any atom is -0.481 e. The normalized spacial score (nSPS) is 13.4. The molecule has 176 valence electrons. The third-order valence-corrected chi connectivity index (χ3v) is 6.65. The van der Waals surface area contributed by atoms with Crippen molar-refractivity contribution < 1.29 is 14.6 Å². The molecule has 1 atom stereocenters. The molecule has 7 nitrogen and oxygen atoms in total. The quantitative estimate of drug-likeness (QED) is 0.427. The van der Waals surface area contributed by atoms with Crippen molar-refractivity contribution >= 4 is 35.5 Å². The average Bonchev–Trinajstić information content (AvgIpc) is 3.25. The number of ether oxygens (including phenoxy) is 1. The van der Waals surface area contributed by atoms with Crippen molar-refractivity contribution in [3.05, 3.63) is 63.4 Å². The van der Waals surface area contributed by atoms with E-state index in [2.05, 4.69) is 22.4 Å². The van der Waals surface area contributed by atoms with Crippen LogP contribution < -0.4 is 10.1 Å². The number of anilines is 1. The van der Waals surface area contributed by atoms with Crippen LogP contribution >= 0.6 is 23.7 Å². The highest BCUT2D eigenvalue weighted by atomic mass is 35.5. The summed E-state index contributed by atoms with van der Waals surface area (Å²) in [5, 5.41) is 15.9. The second-order valence-corrected chi connectivity index (χ2v) is 9.00. The molecule has 0 saturated carbocycles. The number of thiazole rings is 1. The number of aromatic nitrogens is 3. The zero-order valence-electron chi connectivity index (χ0n) is 18.6. The van der Waals surface area contributed by atoms with E-state index in [1.54, 1.807) is 30.7 Å². The number of carbonyl (C=O) groups is 1. The van der Waals surface area contributed by atoms with Gasteiger partial charge in [0.05, 0.1) is 24.2 Å². The number of methoxy groups -OCH3 is 1. The number of fused-ring (bicyclic) bond motifs is 1. The van der Waals surface area contributed by atoms with Crippen molar-refractivity contribution in [3.63, 3.8) is 0 Å². The fourth-order valence-electron chi connectivity index (χ4n) is 4.01. The second-order valence-electron chi connectivity index (χ2n) is 8.06. The molecule has 0 radical (unpaired) electrons. The average molecular weight is 489 g/mol. The largest absolute Gasteiger partial charge is 0.481 e. The van der Waals surface area contributed by atoms with Gasteiger partial charge in [0.25, 0.3) is 0 Å². The number of aryl methyl sites for hydroxylation is 3. The van der Waals surface area contributed by atoms with Crippen molar-refractivity contribution in [1.82, 2.24) is 15.0 Å². The van der Waals surface area contributed by atoms with Gasteiger partial charge >= 0.3 is 5.97 Å². The Morgan fingerprint density at radius 1 is 1.21 bits per heavy atom. The number of hydrogen-bond donors (Lipinski definition) is 2. The number of hydrogen-bond acceptors (Lipinski definition) is 7. The summed E-state index contributed by atoms with van der Waals surface area (Å²) in [6, 6.07) is 7.98. The Hall–Kier alpha value is -2.71. The number of pyridine rings is 2. The zero-order chi connectivity index (χ0) is 22.3. The first-order valence-electron chi connectivity index (χ1n) is 11.0. The van der Waals surface area contributed by atoms with Crippen molar-refractivity contribution in [2.24, 2.45) is 0 Å². The molecule has 9 heteroatoms. The molecule has 0 spiro atoms. The number of carboxylic acid groups (broad SMARTS) is 1. The van der Waals surface area contributed by atoms with Crippen molar-refractivity contribution in [3.8, 4) is 5.88 Å². The molecule has 0 amide bonds. The maximum Gasteiger partial charge on any atom is 0.303 e. The monoisotopic (exact) mass is 488 g/mol. The van der Waals surface area contributed by atoms with Gasteiger partial charge in [0.1, 0.15) is 5.82 Å². The molecule has 0 saturated heterocycles. The predicted molar refractivity (Wildman–Crippen MR) is 132 cm³/mol. The molecule has 1 unspecified atom stereocenters. The number of halogens is 1. The van der Waals surface area contributed by atoms with Crippen LogP contribution in [0.3, 0.4) is 0 Å². The summed E-state index contributed by atoms with van der Waals surface area (Å²) >= 11 is 1.64. The van der Waals surface area contributed by atoms with E-state index in [9.17, 15) is 9.90 Å². The summed E-state index contributed by atoms with van der Waals surface area (Å²) in [5.41, 5.74) is 4.24. The Morgan fingerprint density at radius 2 is 2.09 bits per heavy atom. The Bertz CT molecular complexity index is 1060. The highest BCUT2D eigenvalue weighted by molar-refractivity contribution is 7.09. The van der Waals surface area contributed by atoms with Crippen LogP contribution in [-0.2, 0) is 30.5 Å². The maximum atomic E-state index is 11.4. The molecule has 2 N–H and O–H groups in total. The van der Waals surface area contributed by atoms with Crippen LogP contribution in [0.5, 0.6) is 5.88 Å². The first-order valence-corrected chi connectivity index (χ1v) is 11.9. The molecule has 0 aliphatic carbocycles. The molecule has 4 heterocycles. The van der Waals surface area contributed by atoms with Crippen molar-refractivity contribution in [2.45, 2.75) is 50.9 Å². The molecule has 1 aliphatic heterocycles. The van der Waals surface area contributed by atoms with Gasteiger partial charge in [-0.15, -0.1) is 23.7 Å². The van der Waals surface area contributed by atoms with Gasteiger partial charge in [-0.3, -0.25) is 4.79 Å². The first kappa shape index (κ1) is 24.9. The Kier molecular flexibility index (Phi) is 9.03. The summed E-state index contributed by atoms with van der Waals surface area (Å²) in [5.74, 6) is 0.562. The van der Waals surface area contributed by atoms with Gasteiger partial charge in [0.2, 0.25) is 5.88 Å². The molecular weight excluding hydrogens is 460 g/mol. The fourth-order valence-corrected chi connectivity index (χ4v) is 4.86. The van der Waals surface area contributed by atoms with Crippen LogP contribution in [0.15, 0.2) is 35.8 Å². The molecular formula is C24H29ClN4O3S. The maximum absolute atomic E-state index is 11.4. The lowest BCUT2D eigenvalue weighted by atomic mass is 9.92. The third kappa shape index (κ3) is 6.88. The van der Waals surface area contributed by atoms with Crippen LogP contribution in [0.2, 0.25) is 0 Å². The van der Waals surface area contributed by atoms with E-state index < -0.39 is 5.97 Å². The van der Waals surface area contributed by atoms with Gasteiger partial charge < -0.3 is 15.2 Å². The number of nitrogens with one attached hydrogen (secondary N) is 1. The van der Waals surface area contributed by atoms with Crippen LogP contribution in [-0.4, -0.2) is 39.7 Å². The van der Waals surface area contributed by atoms with E-state index in [-0.39, 0.29) is 24.7 Å². The standard InChI is InChI=1S/C24H28N4O3S.ClH/c1-31-21-10-8-17(14-26-21)18(13-23(29)30)12-20-15-32-22(27-20)6-2-5-19-9-7-16-4-3-11-25-24(16)28-19;/h7-10,14-15,18H,2-6,11-13H2,1H3,(H,25,28)(H,29,30);1H. The molecule has 0 bridgehead atoms. The van der Waals surface area contributed by atoms with E-state index in [1.807, 2.05) is 11.4 Å². The summed E-state index contributed by atoms with van der Waals surface area (Å²) in [6.07, 6.45) is 7.39. The Morgan fingerprint density at radius 3 is 2.85 bits per heavy atom. The van der Waals surface area contributed by atoms with E-state index in [1.165, 1.54) is 12.0 Å². The lowest BCUT2D eigenvalue weighted by Gasteiger charge is -2.17. The second kappa shape index (κ2) is 12.0. The summed E-state index contributed by atoms with van der Waals surface area (Å²) < 4.78 is 5.10. The lowest BCUT2D eigenvalue weighted by molar-refractivity contribution is -0.137. The van der Waals surface area contributed by atoms with Gasteiger partial charge in [-0.25, -0.2) is 15.0 Å². The highest BCUT2D eigenvalue weighted by Gasteiger charge is 2.19. The van der Waals surface area contributed by atoms with Crippen LogP contribution in [0, 0.1) is 0 Å². The van der Waals surface area contributed by atoms with Crippen LogP contribution in [0.25, 0.3) is 0 Å². The SMILES string of the molecule is COc1ccc(C(CC(=O)O)Cc2csc(CCCc3ccc4c(n3)NCCC4)n2)cn1.Cl. The number of aliphatic carboxylic acids is 1. The summed E-state index contributed by atoms with van der Waals surface area (Å²) in [7, 11) is 1.56. The lowest BCUT2D eigenvalue weighted by Crippen LogP contribution is -2.14. The van der Waals surface area contributed by atoms with E-state index in [0.717, 1.165) is 60.0 Å². The van der Waals surface area contributed by atoms with Crippen molar-refractivity contribution in [1.29, 1.82) is 0 Å². The van der Waals surface area contributed by atoms with Crippen LogP contribution in [0.1, 0.15) is 52.7 Å². The van der Waals surface area contributed by atoms with Gasteiger partial charge in [-0.2, -0.15) is 0 Å². The molecule has 0 fully saturated rings. The third-order valence-electron chi connectivity index (χ3n) is 5.69. The molecule has 0 aromatic carbocycles. The topological polar surface area (TPSA) is 97.2 Å². The molecule has 4 rings (SSSR count).